The molecule has 1 unspecified atom stereocenters. The van der Waals surface area contributed by atoms with Gasteiger partial charge in [-0.25, -0.2) is 0 Å². The largest absolute Gasteiger partial charge is 0.508 e. The van der Waals surface area contributed by atoms with Gasteiger partial charge in [-0.3, -0.25) is 20.1 Å². The molecule has 1 atom stereocenters. The van der Waals surface area contributed by atoms with Gasteiger partial charge in [-0.2, -0.15) is 0 Å². The predicted molar refractivity (Wildman–Crippen MR) is 107 cm³/mol. The fraction of sp³-hybridized carbons (Fsp3) is 0.227. The molecule has 0 radical (unpaired) electrons. The second kappa shape index (κ2) is 9.10. The van der Waals surface area contributed by atoms with Crippen molar-refractivity contribution in [1.29, 1.82) is 0 Å². The van der Waals surface area contributed by atoms with Gasteiger partial charge < -0.3 is 10.8 Å². The highest BCUT2D eigenvalue weighted by Gasteiger charge is 2.37. The maximum absolute atomic E-state index is 12.7. The molecule has 0 saturated carbocycles. The maximum Gasteiger partial charge on any atom is 0.242 e. The Morgan fingerprint density at radius 3 is 2.14 bits per heavy atom. The van der Waals surface area contributed by atoms with Crippen LogP contribution in [0.2, 0.25) is 0 Å². The Bertz CT molecular complexity index is 903. The van der Waals surface area contributed by atoms with Gasteiger partial charge in [-0.05, 0) is 72.4 Å². The Kier molecular flexibility index (Phi) is 6.34. The highest BCUT2D eigenvalue weighted by Crippen LogP contribution is 2.29. The first-order chi connectivity index (χ1) is 13.6. The molecule has 0 bridgehead atoms. The van der Waals surface area contributed by atoms with Crippen LogP contribution in [0.5, 0.6) is 5.75 Å². The summed E-state index contributed by atoms with van der Waals surface area (Å²) < 4.78 is 0. The van der Waals surface area contributed by atoms with E-state index in [-0.39, 0.29) is 5.75 Å². The lowest BCUT2D eigenvalue weighted by Gasteiger charge is -2.33. The number of aromatic hydroxyl groups is 1. The molecule has 2 aromatic heterocycles. The Balaban J connectivity index is 1.85. The number of rotatable bonds is 9. The number of carbonyl (C=O) groups is 1. The number of hydrogen-bond acceptors (Lipinski definition) is 5. The van der Waals surface area contributed by atoms with Gasteiger partial charge in [0.2, 0.25) is 5.91 Å². The third-order valence-corrected chi connectivity index (χ3v) is 4.89. The summed E-state index contributed by atoms with van der Waals surface area (Å²) in [5.41, 5.74) is 7.64. The van der Waals surface area contributed by atoms with Crippen LogP contribution in [-0.2, 0) is 23.2 Å². The predicted octanol–water partition coefficient (Wildman–Crippen LogP) is 2.33. The number of aromatic nitrogens is 2. The minimum Gasteiger partial charge on any atom is -0.508 e. The van der Waals surface area contributed by atoms with E-state index in [1.807, 2.05) is 30.3 Å². The van der Waals surface area contributed by atoms with E-state index in [1.165, 1.54) is 0 Å². The molecule has 2 heterocycles. The van der Waals surface area contributed by atoms with Crippen molar-refractivity contribution >= 4 is 5.91 Å². The van der Waals surface area contributed by atoms with Crippen molar-refractivity contribution in [3.8, 4) is 5.75 Å². The van der Waals surface area contributed by atoms with Crippen LogP contribution < -0.4 is 11.1 Å². The summed E-state index contributed by atoms with van der Waals surface area (Å²) in [7, 11) is 0. The second-order valence-electron chi connectivity index (χ2n) is 6.71. The number of amides is 1. The van der Waals surface area contributed by atoms with Gasteiger partial charge in [0.1, 0.15) is 11.3 Å². The molecule has 1 aromatic carbocycles. The standard InChI is InChI=1S/C22H24N4O2/c23-21(28)22(19-2-1-3-20(27)16-19,10-4-17-5-11-24-12-6-17)26-15-9-18-7-13-25-14-8-18/h1-3,5-8,11-14,16,26-27H,4,9-10,15H2,(H2,23,28). The molecule has 0 saturated heterocycles. The third kappa shape index (κ3) is 4.72. The number of phenolic OH excluding ortho intramolecular Hbond substituents is 1. The lowest BCUT2D eigenvalue weighted by atomic mass is 9.83. The van der Waals surface area contributed by atoms with Crippen LogP contribution in [0.3, 0.4) is 0 Å². The molecular weight excluding hydrogens is 352 g/mol. The number of nitrogens with one attached hydrogen (secondary N) is 1. The zero-order valence-corrected chi connectivity index (χ0v) is 15.6. The summed E-state index contributed by atoms with van der Waals surface area (Å²) >= 11 is 0. The van der Waals surface area contributed by atoms with Crippen LogP contribution in [0.15, 0.2) is 73.3 Å². The van der Waals surface area contributed by atoms with E-state index in [0.717, 1.165) is 17.5 Å². The molecular formula is C22H24N4O2. The molecule has 28 heavy (non-hydrogen) atoms. The Morgan fingerprint density at radius 2 is 1.57 bits per heavy atom. The monoisotopic (exact) mass is 376 g/mol. The SMILES string of the molecule is NC(=O)C(CCc1ccncc1)(NCCc1ccncc1)c1cccc(O)c1. The maximum atomic E-state index is 12.7. The van der Waals surface area contributed by atoms with Crippen molar-refractivity contribution in [3.63, 3.8) is 0 Å². The summed E-state index contributed by atoms with van der Waals surface area (Å²) in [5, 5.41) is 13.3. The van der Waals surface area contributed by atoms with E-state index in [1.54, 1.807) is 43.0 Å². The van der Waals surface area contributed by atoms with Crippen molar-refractivity contribution in [2.45, 2.75) is 24.8 Å². The zero-order chi connectivity index (χ0) is 19.8. The molecule has 0 aliphatic rings. The van der Waals surface area contributed by atoms with Crippen LogP contribution in [0, 0.1) is 0 Å². The van der Waals surface area contributed by atoms with E-state index < -0.39 is 11.4 Å². The fourth-order valence-electron chi connectivity index (χ4n) is 3.31. The molecule has 1 amide bonds. The summed E-state index contributed by atoms with van der Waals surface area (Å²) in [6.07, 6.45) is 8.78. The first-order valence-electron chi connectivity index (χ1n) is 9.22. The van der Waals surface area contributed by atoms with Gasteiger partial charge >= 0.3 is 0 Å². The summed E-state index contributed by atoms with van der Waals surface area (Å²) in [6.45, 7) is 0.555. The number of benzene rings is 1. The molecule has 6 nitrogen and oxygen atoms in total. The normalized spacial score (nSPS) is 13.0. The van der Waals surface area contributed by atoms with Gasteiger partial charge in [0, 0.05) is 31.3 Å². The van der Waals surface area contributed by atoms with Gasteiger partial charge in [-0.1, -0.05) is 12.1 Å². The van der Waals surface area contributed by atoms with E-state index in [4.69, 9.17) is 5.73 Å². The number of nitrogens with two attached hydrogens (primary N) is 1. The minimum absolute atomic E-state index is 0.1000. The topological polar surface area (TPSA) is 101 Å². The summed E-state index contributed by atoms with van der Waals surface area (Å²) in [5.74, 6) is -0.371. The molecule has 0 spiro atoms. The lowest BCUT2D eigenvalue weighted by molar-refractivity contribution is -0.125. The Hall–Kier alpha value is -3.25. The van der Waals surface area contributed by atoms with Crippen molar-refractivity contribution in [3.05, 3.63) is 90.0 Å². The average molecular weight is 376 g/mol. The Morgan fingerprint density at radius 1 is 0.964 bits per heavy atom. The van der Waals surface area contributed by atoms with Crippen LogP contribution in [-0.4, -0.2) is 27.5 Å². The van der Waals surface area contributed by atoms with Crippen LogP contribution in [0.1, 0.15) is 23.1 Å². The molecule has 0 aliphatic carbocycles. The van der Waals surface area contributed by atoms with Crippen LogP contribution in [0.25, 0.3) is 0 Å². The van der Waals surface area contributed by atoms with Crippen molar-refractivity contribution in [2.75, 3.05) is 6.54 Å². The van der Waals surface area contributed by atoms with Gasteiger partial charge in [-0.15, -0.1) is 0 Å². The quantitative estimate of drug-likeness (QED) is 0.532. The molecule has 4 N–H and O–H groups in total. The van der Waals surface area contributed by atoms with Crippen molar-refractivity contribution in [1.82, 2.24) is 15.3 Å². The van der Waals surface area contributed by atoms with E-state index in [2.05, 4.69) is 15.3 Å². The van der Waals surface area contributed by atoms with Crippen LogP contribution >= 0.6 is 0 Å². The van der Waals surface area contributed by atoms with Gasteiger partial charge in [0.05, 0.1) is 0 Å². The van der Waals surface area contributed by atoms with E-state index in [0.29, 0.717) is 24.9 Å². The van der Waals surface area contributed by atoms with Crippen molar-refractivity contribution in [2.24, 2.45) is 5.73 Å². The average Bonchev–Trinajstić information content (AvgIpc) is 2.72. The highest BCUT2D eigenvalue weighted by atomic mass is 16.3. The number of primary amides is 1. The lowest BCUT2D eigenvalue weighted by Crippen LogP contribution is -2.53. The second-order valence-corrected chi connectivity index (χ2v) is 6.71. The first-order valence-corrected chi connectivity index (χ1v) is 9.22. The third-order valence-electron chi connectivity index (χ3n) is 4.89. The van der Waals surface area contributed by atoms with Crippen LogP contribution in [0.4, 0.5) is 0 Å². The van der Waals surface area contributed by atoms with Gasteiger partial charge in [0.15, 0.2) is 0 Å². The number of nitrogens with zero attached hydrogens (tertiary/aromatic N) is 2. The number of aryl methyl sites for hydroxylation is 1. The van der Waals surface area contributed by atoms with E-state index in [9.17, 15) is 9.90 Å². The number of phenols is 1. The molecule has 6 heteroatoms. The van der Waals surface area contributed by atoms with E-state index >= 15 is 0 Å². The smallest absolute Gasteiger partial charge is 0.242 e. The zero-order valence-electron chi connectivity index (χ0n) is 15.6. The Labute approximate surface area is 164 Å². The first kappa shape index (κ1) is 19.5. The van der Waals surface area contributed by atoms with Gasteiger partial charge in [0.25, 0.3) is 0 Å². The minimum atomic E-state index is -1.09. The summed E-state index contributed by atoms with van der Waals surface area (Å²) in [4.78, 5) is 20.7. The number of carbonyl (C=O) groups excluding carboxylic acids is 1. The molecule has 0 aliphatic heterocycles. The molecule has 3 rings (SSSR count). The molecule has 0 fully saturated rings. The summed E-state index contributed by atoms with van der Waals surface area (Å²) in [6, 6.07) is 14.4. The molecule has 144 valence electrons. The fourth-order valence-corrected chi connectivity index (χ4v) is 3.31. The number of hydrogen-bond donors (Lipinski definition) is 3. The number of pyridine rings is 2. The van der Waals surface area contributed by atoms with Crippen molar-refractivity contribution < 1.29 is 9.90 Å². The molecule has 3 aromatic rings. The highest BCUT2D eigenvalue weighted by molar-refractivity contribution is 5.86.